The van der Waals surface area contributed by atoms with Crippen molar-refractivity contribution in [1.82, 2.24) is 4.98 Å². The number of hydrogen-bond donors (Lipinski definition) is 0. The number of alkyl halides is 3. The van der Waals surface area contributed by atoms with Crippen LogP contribution in [-0.2, 0) is 6.18 Å². The summed E-state index contributed by atoms with van der Waals surface area (Å²) in [5, 5.41) is 10.2. The number of aromatic nitrogens is 1. The van der Waals surface area contributed by atoms with Gasteiger partial charge in [0.1, 0.15) is 5.69 Å². The van der Waals surface area contributed by atoms with Crippen LogP contribution in [0.4, 0.5) is 18.9 Å². The minimum absolute atomic E-state index is 0.0941. The van der Waals surface area contributed by atoms with Gasteiger partial charge in [0.2, 0.25) is 5.78 Å². The normalized spacial score (nSPS) is 11.3. The highest BCUT2D eigenvalue weighted by molar-refractivity contribution is 6.34. The van der Waals surface area contributed by atoms with Gasteiger partial charge in [-0.1, -0.05) is 23.7 Å². The molecule has 0 spiro atoms. The molecule has 0 aliphatic rings. The molecule has 0 aliphatic carbocycles. The molecule has 114 valence electrons. The van der Waals surface area contributed by atoms with E-state index in [-0.39, 0.29) is 11.3 Å². The third-order valence-corrected chi connectivity index (χ3v) is 2.99. The van der Waals surface area contributed by atoms with Crippen molar-refractivity contribution in [2.24, 2.45) is 0 Å². The molecule has 0 saturated carbocycles. The van der Waals surface area contributed by atoms with E-state index in [1.165, 1.54) is 18.2 Å². The highest BCUT2D eigenvalue weighted by Gasteiger charge is 2.32. The van der Waals surface area contributed by atoms with E-state index in [4.69, 9.17) is 11.6 Å². The minimum atomic E-state index is -4.64. The van der Waals surface area contributed by atoms with E-state index < -0.39 is 33.2 Å². The number of carbonyl (C=O) groups excluding carboxylic acids is 1. The lowest BCUT2D eigenvalue weighted by Gasteiger charge is -2.08. The van der Waals surface area contributed by atoms with E-state index in [0.29, 0.717) is 12.3 Å². The van der Waals surface area contributed by atoms with Crippen LogP contribution in [0.5, 0.6) is 0 Å². The molecule has 1 aromatic heterocycles. The molecule has 22 heavy (non-hydrogen) atoms. The summed E-state index contributed by atoms with van der Waals surface area (Å²) in [7, 11) is 0. The predicted octanol–water partition coefficient (Wildman–Crippen LogP) is 3.89. The molecule has 0 unspecified atom stereocenters. The smallest absolute Gasteiger partial charge is 0.287 e. The van der Waals surface area contributed by atoms with E-state index >= 15 is 0 Å². The number of halogens is 4. The third-order valence-electron chi connectivity index (χ3n) is 2.70. The van der Waals surface area contributed by atoms with Gasteiger partial charge in [-0.15, -0.1) is 0 Å². The van der Waals surface area contributed by atoms with Crippen molar-refractivity contribution in [2.75, 3.05) is 0 Å². The van der Waals surface area contributed by atoms with E-state index in [9.17, 15) is 28.1 Å². The molecule has 0 fully saturated rings. The summed E-state index contributed by atoms with van der Waals surface area (Å²) in [5.74, 6) is -0.803. The minimum Gasteiger partial charge on any atom is -0.287 e. The fourth-order valence-electron chi connectivity index (χ4n) is 1.66. The Labute approximate surface area is 126 Å². The van der Waals surface area contributed by atoms with Crippen LogP contribution in [0.3, 0.4) is 0 Å². The largest absolute Gasteiger partial charge is 0.417 e. The molecule has 5 nitrogen and oxygen atoms in total. The second-order valence-corrected chi connectivity index (χ2v) is 4.60. The molecule has 0 aliphatic heterocycles. The summed E-state index contributed by atoms with van der Waals surface area (Å²) in [6, 6.07) is 5.32. The Balaban J connectivity index is 2.42. The molecule has 1 heterocycles. The lowest BCUT2D eigenvalue weighted by molar-refractivity contribution is -0.384. The first kappa shape index (κ1) is 15.9. The molecule has 0 bridgehead atoms. The summed E-state index contributed by atoms with van der Waals surface area (Å²) in [6.45, 7) is 0. The van der Waals surface area contributed by atoms with Crippen LogP contribution in [-0.4, -0.2) is 15.7 Å². The van der Waals surface area contributed by atoms with Crippen molar-refractivity contribution in [3.63, 3.8) is 0 Å². The van der Waals surface area contributed by atoms with Crippen LogP contribution >= 0.6 is 11.6 Å². The number of rotatable bonds is 3. The first-order valence-electron chi connectivity index (χ1n) is 5.72. The molecule has 9 heteroatoms. The quantitative estimate of drug-likeness (QED) is 0.486. The second kappa shape index (κ2) is 5.72. The zero-order chi connectivity index (χ0) is 16.5. The number of nitro benzene ring substituents is 1. The van der Waals surface area contributed by atoms with Crippen LogP contribution < -0.4 is 0 Å². The molecule has 0 atom stereocenters. The van der Waals surface area contributed by atoms with Crippen LogP contribution in [0, 0.1) is 10.1 Å². The molecular formula is C13H6ClF3N2O3. The maximum atomic E-state index is 12.5. The van der Waals surface area contributed by atoms with E-state index in [1.807, 2.05) is 0 Å². The van der Waals surface area contributed by atoms with Crippen molar-refractivity contribution < 1.29 is 22.9 Å². The number of non-ortho nitro benzene ring substituents is 1. The van der Waals surface area contributed by atoms with Crippen LogP contribution in [0.15, 0.2) is 36.5 Å². The number of ketones is 1. The average molecular weight is 331 g/mol. The van der Waals surface area contributed by atoms with Crippen molar-refractivity contribution >= 4 is 23.1 Å². The molecule has 1 aromatic carbocycles. The first-order chi connectivity index (χ1) is 10.2. The van der Waals surface area contributed by atoms with Gasteiger partial charge in [0, 0.05) is 23.9 Å². The summed E-state index contributed by atoms with van der Waals surface area (Å²) in [6.07, 6.45) is -4.15. The molecule has 0 amide bonds. The summed E-state index contributed by atoms with van der Waals surface area (Å²) >= 11 is 5.67. The van der Waals surface area contributed by atoms with Gasteiger partial charge in [0.05, 0.1) is 15.5 Å². The average Bonchev–Trinajstić information content (AvgIpc) is 2.45. The standard InChI is InChI=1S/C13H6ClF3N2O3/c14-10-5-8(13(15,16)17)6-18-11(10)12(20)7-2-1-3-9(4-7)19(21)22/h1-6H. The number of nitro groups is 1. The highest BCUT2D eigenvalue weighted by Crippen LogP contribution is 2.31. The summed E-state index contributed by atoms with van der Waals surface area (Å²) < 4.78 is 37.5. The maximum absolute atomic E-state index is 12.5. The monoisotopic (exact) mass is 330 g/mol. The molecule has 0 N–H and O–H groups in total. The summed E-state index contributed by atoms with van der Waals surface area (Å²) in [5.41, 5.74) is -1.92. The number of carbonyl (C=O) groups is 1. The Morgan fingerprint density at radius 1 is 1.27 bits per heavy atom. The molecule has 0 radical (unpaired) electrons. The van der Waals surface area contributed by atoms with Crippen LogP contribution in [0.2, 0.25) is 5.02 Å². The second-order valence-electron chi connectivity index (χ2n) is 4.19. The first-order valence-corrected chi connectivity index (χ1v) is 6.10. The predicted molar refractivity (Wildman–Crippen MR) is 70.8 cm³/mol. The highest BCUT2D eigenvalue weighted by atomic mass is 35.5. The zero-order valence-corrected chi connectivity index (χ0v) is 11.4. The SMILES string of the molecule is O=C(c1cccc([N+](=O)[O-])c1)c1ncc(C(F)(F)F)cc1Cl. The van der Waals surface area contributed by atoms with Crippen LogP contribution in [0.25, 0.3) is 0 Å². The fourth-order valence-corrected chi connectivity index (χ4v) is 1.91. The Hall–Kier alpha value is -2.48. The summed E-state index contributed by atoms with van der Waals surface area (Å²) in [4.78, 5) is 25.5. The fraction of sp³-hybridized carbons (Fsp3) is 0.0769. The van der Waals surface area contributed by atoms with E-state index in [2.05, 4.69) is 4.98 Å². The Morgan fingerprint density at radius 3 is 2.50 bits per heavy atom. The van der Waals surface area contributed by atoms with Crippen molar-refractivity contribution in [3.8, 4) is 0 Å². The van der Waals surface area contributed by atoms with Crippen LogP contribution in [0.1, 0.15) is 21.6 Å². The zero-order valence-electron chi connectivity index (χ0n) is 10.6. The van der Waals surface area contributed by atoms with Crippen molar-refractivity contribution in [3.05, 3.63) is 68.5 Å². The Kier molecular flexibility index (Phi) is 4.14. The van der Waals surface area contributed by atoms with Crippen molar-refractivity contribution in [1.29, 1.82) is 0 Å². The molecule has 2 rings (SSSR count). The Morgan fingerprint density at radius 2 is 1.95 bits per heavy atom. The van der Waals surface area contributed by atoms with Crippen molar-refractivity contribution in [2.45, 2.75) is 6.18 Å². The lowest BCUT2D eigenvalue weighted by Crippen LogP contribution is -2.10. The van der Waals surface area contributed by atoms with E-state index in [1.54, 1.807) is 0 Å². The Bertz CT molecular complexity index is 762. The maximum Gasteiger partial charge on any atom is 0.417 e. The number of nitrogens with zero attached hydrogens (tertiary/aromatic N) is 2. The van der Waals surface area contributed by atoms with Gasteiger partial charge in [-0.3, -0.25) is 19.9 Å². The number of pyridine rings is 1. The van der Waals surface area contributed by atoms with Gasteiger partial charge in [-0.25, -0.2) is 0 Å². The van der Waals surface area contributed by atoms with Gasteiger partial charge in [-0.05, 0) is 6.07 Å². The van der Waals surface area contributed by atoms with Gasteiger partial charge in [0.25, 0.3) is 5.69 Å². The number of benzene rings is 1. The third kappa shape index (κ3) is 3.22. The van der Waals surface area contributed by atoms with Gasteiger partial charge < -0.3 is 0 Å². The topological polar surface area (TPSA) is 73.1 Å². The van der Waals surface area contributed by atoms with Gasteiger partial charge in [-0.2, -0.15) is 13.2 Å². The molecular weight excluding hydrogens is 325 g/mol. The molecule has 2 aromatic rings. The molecule has 0 saturated heterocycles. The van der Waals surface area contributed by atoms with Gasteiger partial charge >= 0.3 is 6.18 Å². The lowest BCUT2D eigenvalue weighted by atomic mass is 10.1. The number of hydrogen-bond acceptors (Lipinski definition) is 4. The van der Waals surface area contributed by atoms with E-state index in [0.717, 1.165) is 6.07 Å². The van der Waals surface area contributed by atoms with Gasteiger partial charge in [0.15, 0.2) is 0 Å².